The molecule has 3 rings (SSSR count). The number of hydrogen-bond acceptors (Lipinski definition) is 6. The summed E-state index contributed by atoms with van der Waals surface area (Å²) in [6.45, 7) is 5.84. The fourth-order valence-corrected chi connectivity index (χ4v) is 3.73. The fraction of sp³-hybridized carbons (Fsp3) is 0.261. The average molecular weight is 449 g/mol. The van der Waals surface area contributed by atoms with E-state index >= 15 is 0 Å². The molecule has 0 fully saturated rings. The second kappa shape index (κ2) is 10.5. The summed E-state index contributed by atoms with van der Waals surface area (Å²) in [4.78, 5) is 25.4. The molecule has 164 valence electrons. The third-order valence-electron chi connectivity index (χ3n) is 4.97. The first-order valence-electron chi connectivity index (χ1n) is 10.2. The van der Waals surface area contributed by atoms with Crippen molar-refractivity contribution in [1.29, 1.82) is 5.26 Å². The zero-order valence-electron chi connectivity index (χ0n) is 18.0. The summed E-state index contributed by atoms with van der Waals surface area (Å²) in [5, 5.41) is 26.4. The van der Waals surface area contributed by atoms with Crippen molar-refractivity contribution < 1.29 is 9.59 Å². The van der Waals surface area contributed by atoms with Crippen LogP contribution in [0.2, 0.25) is 0 Å². The van der Waals surface area contributed by atoms with Crippen molar-refractivity contribution in [3.8, 4) is 16.6 Å². The summed E-state index contributed by atoms with van der Waals surface area (Å²) < 4.78 is 0. The van der Waals surface area contributed by atoms with Crippen LogP contribution in [0.1, 0.15) is 31.4 Å². The molecule has 9 heteroatoms. The van der Waals surface area contributed by atoms with Crippen LogP contribution in [0.5, 0.6) is 0 Å². The summed E-state index contributed by atoms with van der Waals surface area (Å²) in [7, 11) is 0. The van der Waals surface area contributed by atoms with Crippen molar-refractivity contribution >= 4 is 34.1 Å². The Morgan fingerprint density at radius 1 is 1.12 bits per heavy atom. The summed E-state index contributed by atoms with van der Waals surface area (Å²) in [6.07, 6.45) is 0.694. The molecule has 0 radical (unpaired) electrons. The van der Waals surface area contributed by atoms with E-state index in [1.807, 2.05) is 51.1 Å². The lowest BCUT2D eigenvalue weighted by molar-refractivity contribution is -0.119. The predicted molar refractivity (Wildman–Crippen MR) is 125 cm³/mol. The van der Waals surface area contributed by atoms with Gasteiger partial charge in [0.2, 0.25) is 11.0 Å². The number of carbonyl (C=O) groups excluding carboxylic acids is 2. The molecule has 3 amide bonds. The smallest absolute Gasteiger partial charge is 0.319 e. The Kier molecular flexibility index (Phi) is 7.52. The van der Waals surface area contributed by atoms with E-state index in [2.05, 4.69) is 26.1 Å². The van der Waals surface area contributed by atoms with E-state index in [4.69, 9.17) is 5.26 Å². The normalized spacial score (nSPS) is 12.3. The second-order valence-electron chi connectivity index (χ2n) is 7.42. The molecule has 8 nitrogen and oxygen atoms in total. The van der Waals surface area contributed by atoms with Gasteiger partial charge in [0, 0.05) is 11.3 Å². The van der Waals surface area contributed by atoms with Gasteiger partial charge in [-0.05, 0) is 43.2 Å². The summed E-state index contributed by atoms with van der Waals surface area (Å²) in [6, 6.07) is 15.1. The molecule has 1 aromatic heterocycles. The first kappa shape index (κ1) is 22.9. The van der Waals surface area contributed by atoms with Gasteiger partial charge in [-0.15, -0.1) is 10.2 Å². The Morgan fingerprint density at radius 2 is 1.88 bits per heavy atom. The number of aryl methyl sites for hydroxylation is 1. The van der Waals surface area contributed by atoms with Gasteiger partial charge in [-0.1, -0.05) is 55.4 Å². The van der Waals surface area contributed by atoms with E-state index in [1.54, 1.807) is 24.3 Å². The van der Waals surface area contributed by atoms with E-state index in [9.17, 15) is 9.59 Å². The lowest BCUT2D eigenvalue weighted by Gasteiger charge is -2.23. The van der Waals surface area contributed by atoms with E-state index in [0.717, 1.165) is 11.1 Å². The molecule has 2 aromatic carbocycles. The highest BCUT2D eigenvalue weighted by molar-refractivity contribution is 7.18. The van der Waals surface area contributed by atoms with Gasteiger partial charge >= 0.3 is 6.03 Å². The van der Waals surface area contributed by atoms with Gasteiger partial charge in [-0.3, -0.25) is 10.1 Å². The molecule has 2 atom stereocenters. The SMILES string of the molecule is CC[C@@H](C)[C@H](NC(=O)Nc1ccc(C#N)cc1)C(=O)Nc1nnc(-c2cccc(C)c2)s1. The number of nitrogens with one attached hydrogen (secondary N) is 3. The minimum atomic E-state index is -0.760. The minimum absolute atomic E-state index is 0.106. The quantitative estimate of drug-likeness (QED) is 0.489. The largest absolute Gasteiger partial charge is 0.326 e. The van der Waals surface area contributed by atoms with E-state index < -0.39 is 12.1 Å². The molecule has 0 unspecified atom stereocenters. The van der Waals surface area contributed by atoms with Crippen LogP contribution in [-0.2, 0) is 4.79 Å². The Balaban J connectivity index is 1.67. The van der Waals surface area contributed by atoms with Crippen LogP contribution in [0.4, 0.5) is 15.6 Å². The molecule has 0 saturated carbocycles. The molecule has 0 bridgehead atoms. The van der Waals surface area contributed by atoms with Crippen molar-refractivity contribution in [2.24, 2.45) is 5.92 Å². The molecule has 0 aliphatic heterocycles. The van der Waals surface area contributed by atoms with Gasteiger partial charge in [0.05, 0.1) is 11.6 Å². The van der Waals surface area contributed by atoms with Gasteiger partial charge in [-0.2, -0.15) is 5.26 Å². The molecule has 1 heterocycles. The molecule has 0 aliphatic carbocycles. The van der Waals surface area contributed by atoms with Crippen molar-refractivity contribution in [1.82, 2.24) is 15.5 Å². The standard InChI is InChI=1S/C23H24N6O2S/c1-4-15(3)19(26-22(31)25-18-10-8-16(13-24)9-11-18)20(30)27-23-29-28-21(32-23)17-7-5-6-14(2)12-17/h5-12,15,19H,4H2,1-3H3,(H2,25,26,31)(H,27,29,30)/t15-,19+/m1/s1. The molecule has 0 spiro atoms. The number of amides is 3. The van der Waals surface area contributed by atoms with E-state index in [1.165, 1.54) is 11.3 Å². The zero-order valence-corrected chi connectivity index (χ0v) is 18.9. The van der Waals surface area contributed by atoms with E-state index in [0.29, 0.717) is 27.8 Å². The van der Waals surface area contributed by atoms with Crippen molar-refractivity contribution in [2.45, 2.75) is 33.2 Å². The minimum Gasteiger partial charge on any atom is -0.326 e. The predicted octanol–water partition coefficient (Wildman–Crippen LogP) is 4.56. The Bertz CT molecular complexity index is 1140. The van der Waals surface area contributed by atoms with Crippen LogP contribution in [0.15, 0.2) is 48.5 Å². The maximum atomic E-state index is 12.9. The molecule has 3 aromatic rings. The number of anilines is 2. The topological polar surface area (TPSA) is 120 Å². The monoisotopic (exact) mass is 448 g/mol. The molecule has 32 heavy (non-hydrogen) atoms. The Hall–Kier alpha value is -3.77. The number of nitriles is 1. The van der Waals surface area contributed by atoms with Gasteiger partial charge in [0.1, 0.15) is 11.0 Å². The number of rotatable bonds is 7. The van der Waals surface area contributed by atoms with Gasteiger partial charge in [0.15, 0.2) is 0 Å². The first-order valence-corrected chi connectivity index (χ1v) is 11.0. The van der Waals surface area contributed by atoms with Crippen molar-refractivity contribution in [3.63, 3.8) is 0 Å². The average Bonchev–Trinajstić information content (AvgIpc) is 3.26. The Labute approximate surface area is 190 Å². The first-order chi connectivity index (χ1) is 15.4. The number of nitrogens with zero attached hydrogens (tertiary/aromatic N) is 3. The highest BCUT2D eigenvalue weighted by atomic mass is 32.1. The second-order valence-corrected chi connectivity index (χ2v) is 8.40. The van der Waals surface area contributed by atoms with Crippen LogP contribution in [0.25, 0.3) is 10.6 Å². The Morgan fingerprint density at radius 3 is 2.53 bits per heavy atom. The molecule has 0 saturated heterocycles. The summed E-state index contributed by atoms with van der Waals surface area (Å²) in [5.41, 5.74) is 3.06. The summed E-state index contributed by atoms with van der Waals surface area (Å²) in [5.74, 6) is -0.466. The van der Waals surface area contributed by atoms with Crippen LogP contribution in [-0.4, -0.2) is 28.2 Å². The third kappa shape index (κ3) is 5.89. The number of urea groups is 1. The number of benzene rings is 2. The lowest BCUT2D eigenvalue weighted by atomic mass is 9.98. The maximum Gasteiger partial charge on any atom is 0.319 e. The van der Waals surface area contributed by atoms with Gasteiger partial charge in [-0.25, -0.2) is 4.79 Å². The number of hydrogen-bond donors (Lipinski definition) is 3. The maximum absolute atomic E-state index is 12.9. The summed E-state index contributed by atoms with van der Waals surface area (Å²) >= 11 is 1.28. The van der Waals surface area contributed by atoms with Gasteiger partial charge < -0.3 is 10.6 Å². The fourth-order valence-electron chi connectivity index (χ4n) is 2.99. The molecular weight excluding hydrogens is 424 g/mol. The zero-order chi connectivity index (χ0) is 23.1. The van der Waals surface area contributed by atoms with Crippen molar-refractivity contribution in [3.05, 3.63) is 59.7 Å². The number of aromatic nitrogens is 2. The third-order valence-corrected chi connectivity index (χ3v) is 5.86. The number of carbonyl (C=O) groups is 2. The van der Waals surface area contributed by atoms with Crippen LogP contribution < -0.4 is 16.0 Å². The molecule has 3 N–H and O–H groups in total. The molecule has 0 aliphatic rings. The molecular formula is C23H24N6O2S. The highest BCUT2D eigenvalue weighted by Crippen LogP contribution is 2.27. The highest BCUT2D eigenvalue weighted by Gasteiger charge is 2.27. The van der Waals surface area contributed by atoms with E-state index in [-0.39, 0.29) is 11.8 Å². The van der Waals surface area contributed by atoms with Crippen molar-refractivity contribution in [2.75, 3.05) is 10.6 Å². The van der Waals surface area contributed by atoms with Crippen LogP contribution >= 0.6 is 11.3 Å². The van der Waals surface area contributed by atoms with Crippen LogP contribution in [0.3, 0.4) is 0 Å². The lowest BCUT2D eigenvalue weighted by Crippen LogP contribution is -2.49. The van der Waals surface area contributed by atoms with Gasteiger partial charge in [0.25, 0.3) is 0 Å². The van der Waals surface area contributed by atoms with Crippen LogP contribution in [0, 0.1) is 24.2 Å².